The summed E-state index contributed by atoms with van der Waals surface area (Å²) in [6, 6.07) is 3.01. The molecule has 31 heavy (non-hydrogen) atoms. The molecule has 1 aliphatic carbocycles. The maximum atomic E-state index is 12.5. The van der Waals surface area contributed by atoms with Crippen LogP contribution in [0.3, 0.4) is 0 Å². The SMILES string of the molecule is CC(=O)NC(C(O)O)[C@]1(O)CC[C@H](C(=O)NCCCc2ccc3c(n2)NCCC3)CC1. The number of pyridine rings is 1. The Morgan fingerprint density at radius 2 is 2.03 bits per heavy atom. The fourth-order valence-corrected chi connectivity index (χ4v) is 4.53. The second-order valence-electron chi connectivity index (χ2n) is 8.70. The number of aryl methyl sites for hydroxylation is 2. The first-order valence-corrected chi connectivity index (χ1v) is 11.1. The largest absolute Gasteiger partial charge is 0.388 e. The van der Waals surface area contributed by atoms with E-state index in [2.05, 4.69) is 33.1 Å². The third-order valence-corrected chi connectivity index (χ3v) is 6.32. The molecule has 9 heteroatoms. The molecule has 1 aliphatic heterocycles. The predicted octanol–water partition coefficient (Wildman–Crippen LogP) is 0.225. The van der Waals surface area contributed by atoms with Crippen LogP contribution in [0, 0.1) is 5.92 Å². The fourth-order valence-electron chi connectivity index (χ4n) is 4.53. The van der Waals surface area contributed by atoms with Gasteiger partial charge in [-0.3, -0.25) is 9.59 Å². The van der Waals surface area contributed by atoms with E-state index < -0.39 is 23.8 Å². The molecule has 0 spiro atoms. The Hall–Kier alpha value is -2.23. The Balaban J connectivity index is 1.41. The van der Waals surface area contributed by atoms with E-state index in [9.17, 15) is 24.9 Å². The van der Waals surface area contributed by atoms with E-state index in [4.69, 9.17) is 0 Å². The second-order valence-corrected chi connectivity index (χ2v) is 8.70. The topological polar surface area (TPSA) is 144 Å². The number of rotatable bonds is 8. The number of fused-ring (bicyclic) bond motifs is 1. The Kier molecular flexibility index (Phi) is 7.85. The summed E-state index contributed by atoms with van der Waals surface area (Å²) in [4.78, 5) is 28.5. The fraction of sp³-hybridized carbons (Fsp3) is 0.682. The molecule has 1 saturated carbocycles. The van der Waals surface area contributed by atoms with Crippen molar-refractivity contribution in [3.8, 4) is 0 Å². The van der Waals surface area contributed by atoms with Crippen LogP contribution < -0.4 is 16.0 Å². The molecule has 0 radical (unpaired) electrons. The molecule has 0 aromatic carbocycles. The van der Waals surface area contributed by atoms with Crippen LogP contribution >= 0.6 is 0 Å². The maximum absolute atomic E-state index is 12.5. The molecule has 3 rings (SSSR count). The Bertz CT molecular complexity index is 777. The number of nitrogens with zero attached hydrogens (tertiary/aromatic N) is 1. The zero-order valence-electron chi connectivity index (χ0n) is 18.1. The molecule has 1 aromatic heterocycles. The molecule has 9 nitrogen and oxygen atoms in total. The normalized spacial score (nSPS) is 24.1. The van der Waals surface area contributed by atoms with E-state index in [1.165, 1.54) is 12.5 Å². The van der Waals surface area contributed by atoms with Crippen LogP contribution in [0.4, 0.5) is 5.82 Å². The third kappa shape index (κ3) is 6.15. The number of aliphatic hydroxyl groups is 3. The highest BCUT2D eigenvalue weighted by atomic mass is 16.5. The van der Waals surface area contributed by atoms with Gasteiger partial charge in [-0.15, -0.1) is 0 Å². The molecule has 2 amide bonds. The lowest BCUT2D eigenvalue weighted by Crippen LogP contribution is -2.60. The van der Waals surface area contributed by atoms with Crippen molar-refractivity contribution < 1.29 is 24.9 Å². The number of carbonyl (C=O) groups is 2. The smallest absolute Gasteiger partial charge is 0.223 e. The quantitative estimate of drug-likeness (QED) is 0.254. The average molecular weight is 435 g/mol. The maximum Gasteiger partial charge on any atom is 0.223 e. The average Bonchev–Trinajstić information content (AvgIpc) is 2.75. The molecule has 1 atom stereocenters. The Morgan fingerprint density at radius 3 is 2.71 bits per heavy atom. The van der Waals surface area contributed by atoms with Gasteiger partial charge in [0.05, 0.1) is 5.60 Å². The highest BCUT2D eigenvalue weighted by Gasteiger charge is 2.45. The van der Waals surface area contributed by atoms with Crippen LogP contribution in [-0.2, 0) is 22.4 Å². The van der Waals surface area contributed by atoms with E-state index in [0.29, 0.717) is 19.4 Å². The molecule has 1 fully saturated rings. The summed E-state index contributed by atoms with van der Waals surface area (Å²) in [6.07, 6.45) is 3.15. The van der Waals surface area contributed by atoms with Crippen LogP contribution in [0.15, 0.2) is 12.1 Å². The van der Waals surface area contributed by atoms with Crippen LogP contribution in [0.25, 0.3) is 0 Å². The Labute approximate surface area is 182 Å². The van der Waals surface area contributed by atoms with Crippen LogP contribution in [0.5, 0.6) is 0 Å². The van der Waals surface area contributed by atoms with Crippen LogP contribution in [-0.4, -0.2) is 63.1 Å². The first-order chi connectivity index (χ1) is 14.8. The summed E-state index contributed by atoms with van der Waals surface area (Å²) >= 11 is 0. The monoisotopic (exact) mass is 434 g/mol. The number of anilines is 1. The molecule has 0 bridgehead atoms. The summed E-state index contributed by atoms with van der Waals surface area (Å²) in [6.45, 7) is 2.77. The molecule has 0 saturated heterocycles. The number of carbonyl (C=O) groups excluding carboxylic acids is 2. The molecule has 2 aliphatic rings. The van der Waals surface area contributed by atoms with Crippen molar-refractivity contribution in [1.29, 1.82) is 0 Å². The van der Waals surface area contributed by atoms with Gasteiger partial charge in [0.25, 0.3) is 0 Å². The highest BCUT2D eigenvalue weighted by molar-refractivity contribution is 5.78. The van der Waals surface area contributed by atoms with Gasteiger partial charge in [-0.05, 0) is 63.0 Å². The van der Waals surface area contributed by atoms with Gasteiger partial charge >= 0.3 is 0 Å². The van der Waals surface area contributed by atoms with E-state index in [1.54, 1.807) is 0 Å². The summed E-state index contributed by atoms with van der Waals surface area (Å²) in [5.41, 5.74) is 0.828. The highest BCUT2D eigenvalue weighted by Crippen LogP contribution is 2.35. The van der Waals surface area contributed by atoms with Gasteiger partial charge in [0, 0.05) is 31.6 Å². The third-order valence-electron chi connectivity index (χ3n) is 6.32. The summed E-state index contributed by atoms with van der Waals surface area (Å²) in [5.74, 6) is 0.242. The molecular formula is C22H34N4O5. The van der Waals surface area contributed by atoms with Crippen LogP contribution in [0.1, 0.15) is 56.7 Å². The van der Waals surface area contributed by atoms with Crippen LogP contribution in [0.2, 0.25) is 0 Å². The van der Waals surface area contributed by atoms with Crippen molar-refractivity contribution in [1.82, 2.24) is 15.6 Å². The Morgan fingerprint density at radius 1 is 1.29 bits per heavy atom. The lowest BCUT2D eigenvalue weighted by molar-refractivity contribution is -0.156. The van der Waals surface area contributed by atoms with Crippen molar-refractivity contribution in [3.05, 3.63) is 23.4 Å². The molecule has 1 aromatic rings. The number of amides is 2. The number of aliphatic hydroxyl groups excluding tert-OH is 1. The van der Waals surface area contributed by atoms with Crippen molar-refractivity contribution in [2.45, 2.75) is 76.2 Å². The summed E-state index contributed by atoms with van der Waals surface area (Å²) in [5, 5.41) is 38.6. The molecule has 2 heterocycles. The molecule has 6 N–H and O–H groups in total. The van der Waals surface area contributed by atoms with Crippen molar-refractivity contribution in [3.63, 3.8) is 0 Å². The first kappa shape index (κ1) is 23.4. The number of nitrogens with one attached hydrogen (secondary N) is 3. The first-order valence-electron chi connectivity index (χ1n) is 11.1. The van der Waals surface area contributed by atoms with Crippen molar-refractivity contribution >= 4 is 17.6 Å². The molecule has 172 valence electrons. The van der Waals surface area contributed by atoms with Gasteiger partial charge in [0.1, 0.15) is 11.9 Å². The van der Waals surface area contributed by atoms with E-state index >= 15 is 0 Å². The summed E-state index contributed by atoms with van der Waals surface area (Å²) < 4.78 is 0. The van der Waals surface area contributed by atoms with Gasteiger partial charge in [-0.25, -0.2) is 4.98 Å². The van der Waals surface area contributed by atoms with Gasteiger partial charge in [-0.2, -0.15) is 0 Å². The van der Waals surface area contributed by atoms with E-state index in [-0.39, 0.29) is 24.7 Å². The zero-order valence-corrected chi connectivity index (χ0v) is 18.1. The van der Waals surface area contributed by atoms with E-state index in [1.807, 2.05) is 0 Å². The van der Waals surface area contributed by atoms with E-state index in [0.717, 1.165) is 43.7 Å². The number of hydrogen-bond acceptors (Lipinski definition) is 7. The summed E-state index contributed by atoms with van der Waals surface area (Å²) in [7, 11) is 0. The van der Waals surface area contributed by atoms with Gasteiger partial charge in [-0.1, -0.05) is 6.07 Å². The standard InChI is InChI=1S/C22H34N4O5/c1-14(27)25-18(21(29)30)22(31)10-8-16(9-11-22)20(28)24-13-3-5-17-7-6-15-4-2-12-23-19(15)26-17/h6-7,16,18,21,29-31H,2-5,8-13H2,1H3,(H,23,26)(H,24,28)(H,25,27)/t16-,18?,22-. The zero-order chi connectivity index (χ0) is 22.4. The lowest BCUT2D eigenvalue weighted by atomic mass is 9.74. The van der Waals surface area contributed by atoms with Crippen molar-refractivity contribution in [2.75, 3.05) is 18.4 Å². The predicted molar refractivity (Wildman–Crippen MR) is 115 cm³/mol. The molecular weight excluding hydrogens is 400 g/mol. The lowest BCUT2D eigenvalue weighted by Gasteiger charge is -2.41. The van der Waals surface area contributed by atoms with Crippen molar-refractivity contribution in [2.24, 2.45) is 5.92 Å². The van der Waals surface area contributed by atoms with Gasteiger partial charge < -0.3 is 31.3 Å². The van der Waals surface area contributed by atoms with Gasteiger partial charge in [0.2, 0.25) is 11.8 Å². The number of aromatic nitrogens is 1. The number of hydrogen-bond donors (Lipinski definition) is 6. The minimum absolute atomic E-state index is 0.0530. The molecule has 1 unspecified atom stereocenters. The van der Waals surface area contributed by atoms with Gasteiger partial charge in [0.15, 0.2) is 6.29 Å². The minimum Gasteiger partial charge on any atom is -0.388 e. The second kappa shape index (κ2) is 10.4. The minimum atomic E-state index is -1.87.